The minimum Gasteiger partial charge on any atom is -0.457 e. The number of carbonyl (C=O) groups is 2. The van der Waals surface area contributed by atoms with E-state index in [1.165, 1.54) is 0 Å². The number of amides is 3. The number of rotatable bonds is 8. The summed E-state index contributed by atoms with van der Waals surface area (Å²) in [5, 5.41) is 12.5. The van der Waals surface area contributed by atoms with Crippen LogP contribution in [0.15, 0.2) is 85.1 Å². The van der Waals surface area contributed by atoms with Crippen LogP contribution in [0.1, 0.15) is 44.1 Å². The molecule has 3 aromatic carbocycles. The Morgan fingerprint density at radius 2 is 1.71 bits per heavy atom. The van der Waals surface area contributed by atoms with Crippen LogP contribution >= 0.6 is 0 Å². The van der Waals surface area contributed by atoms with Gasteiger partial charge in [0.1, 0.15) is 17.3 Å². The number of anilines is 2. The first-order valence-electron chi connectivity index (χ1n) is 16.3. The number of pyridine rings is 1. The first kappa shape index (κ1) is 32.7. The number of nitrogens with one attached hydrogen (secondary N) is 2. The molecule has 1 aliphatic heterocycles. The van der Waals surface area contributed by atoms with Gasteiger partial charge in [0.15, 0.2) is 0 Å². The molecule has 2 aromatic heterocycles. The number of aryl methyl sites for hydroxylation is 1. The topological polar surface area (TPSA) is 105 Å². The first-order valence-corrected chi connectivity index (χ1v) is 16.3. The molecule has 2 N–H and O–H groups in total. The number of likely N-dealkylation sites (N-methyl/N-ethyl adjacent to an activating group) is 1. The number of urea groups is 1. The molecule has 1 aliphatic rings. The molecular formula is C38H43N7O3. The van der Waals surface area contributed by atoms with Crippen LogP contribution in [-0.2, 0) is 16.6 Å². The zero-order valence-electron chi connectivity index (χ0n) is 28.4. The summed E-state index contributed by atoms with van der Waals surface area (Å²) in [7, 11) is 4.10. The lowest BCUT2D eigenvalue weighted by molar-refractivity contribution is -0.129. The van der Waals surface area contributed by atoms with Crippen LogP contribution in [0.4, 0.5) is 16.3 Å². The van der Waals surface area contributed by atoms with Crippen LogP contribution in [0.2, 0.25) is 0 Å². The molecule has 10 heteroatoms. The van der Waals surface area contributed by atoms with E-state index in [4.69, 9.17) is 9.84 Å². The fraction of sp³-hybridized carbons (Fsp3) is 0.316. The summed E-state index contributed by atoms with van der Waals surface area (Å²) < 4.78 is 8.10. The number of likely N-dealkylation sites (tertiary alicyclic amines) is 1. The van der Waals surface area contributed by atoms with Gasteiger partial charge in [0.25, 0.3) is 0 Å². The van der Waals surface area contributed by atoms with Crippen LogP contribution in [0, 0.1) is 6.92 Å². The summed E-state index contributed by atoms with van der Waals surface area (Å²) >= 11 is 0. The molecule has 248 valence electrons. The molecule has 10 nitrogen and oxygen atoms in total. The van der Waals surface area contributed by atoms with Gasteiger partial charge in [-0.25, -0.2) is 9.48 Å². The minimum atomic E-state index is -0.388. The van der Waals surface area contributed by atoms with Gasteiger partial charge in [-0.05, 0) is 57.8 Å². The Bertz CT molecular complexity index is 1940. The van der Waals surface area contributed by atoms with Crippen molar-refractivity contribution >= 4 is 34.2 Å². The normalized spacial score (nSPS) is 14.8. The maximum absolute atomic E-state index is 13.4. The standard InChI is InChI=1S/C38H43N7O3/c1-25-11-13-27(14-12-25)45-35(23-34(42-45)38(2,3)4)41-37(47)40-32-15-16-33(31-10-8-7-9-30(31)32)48-29-17-19-39-26(21-29)22-36(46)44-20-18-28(24-44)43(5)6/h7-17,19,21,23,28H,18,20,22,24H2,1-6H3,(H2,40,41,47). The molecule has 1 unspecified atom stereocenters. The second-order valence-electron chi connectivity index (χ2n) is 13.7. The first-order chi connectivity index (χ1) is 22.9. The molecule has 48 heavy (non-hydrogen) atoms. The van der Waals surface area contributed by atoms with Gasteiger partial charge in [0, 0.05) is 53.6 Å². The van der Waals surface area contributed by atoms with Gasteiger partial charge in [-0.2, -0.15) is 5.10 Å². The number of nitrogens with zero attached hydrogens (tertiary/aromatic N) is 5. The summed E-state index contributed by atoms with van der Waals surface area (Å²) in [6, 6.07) is 24.9. The third-order valence-electron chi connectivity index (χ3n) is 8.72. The zero-order valence-corrected chi connectivity index (χ0v) is 28.4. The number of benzene rings is 3. The van der Waals surface area contributed by atoms with E-state index in [-0.39, 0.29) is 23.8 Å². The average molecular weight is 646 g/mol. The van der Waals surface area contributed by atoms with Gasteiger partial charge in [0.2, 0.25) is 5.91 Å². The van der Waals surface area contributed by atoms with E-state index in [0.717, 1.165) is 47.2 Å². The van der Waals surface area contributed by atoms with Crippen molar-refractivity contribution in [3.63, 3.8) is 0 Å². The molecule has 0 spiro atoms. The maximum atomic E-state index is 13.4. The highest BCUT2D eigenvalue weighted by Gasteiger charge is 2.27. The number of hydrogen-bond donors (Lipinski definition) is 2. The van der Waals surface area contributed by atoms with E-state index in [9.17, 15) is 9.59 Å². The van der Waals surface area contributed by atoms with Crippen molar-refractivity contribution in [2.24, 2.45) is 0 Å². The maximum Gasteiger partial charge on any atom is 0.324 e. The molecule has 3 heterocycles. The predicted octanol–water partition coefficient (Wildman–Crippen LogP) is 7.17. The van der Waals surface area contributed by atoms with Crippen molar-refractivity contribution in [1.82, 2.24) is 24.6 Å². The van der Waals surface area contributed by atoms with Crippen molar-refractivity contribution in [3.8, 4) is 17.2 Å². The second-order valence-corrected chi connectivity index (χ2v) is 13.7. The molecule has 3 amide bonds. The van der Waals surface area contributed by atoms with E-state index in [1.807, 2.05) is 98.7 Å². The molecular weight excluding hydrogens is 602 g/mol. The van der Waals surface area contributed by atoms with E-state index in [0.29, 0.717) is 34.7 Å². The smallest absolute Gasteiger partial charge is 0.324 e. The molecule has 1 fully saturated rings. The van der Waals surface area contributed by atoms with Gasteiger partial charge >= 0.3 is 6.03 Å². The Morgan fingerprint density at radius 1 is 0.958 bits per heavy atom. The van der Waals surface area contributed by atoms with Gasteiger partial charge < -0.3 is 19.9 Å². The van der Waals surface area contributed by atoms with Crippen molar-refractivity contribution in [3.05, 3.63) is 102 Å². The SMILES string of the molecule is Cc1ccc(-n2nc(C(C)(C)C)cc2NC(=O)Nc2ccc(Oc3ccnc(CC(=O)N4CCC(N(C)C)C4)c3)c3ccccc23)cc1. The number of carbonyl (C=O) groups excluding carboxylic acids is 2. The van der Waals surface area contributed by atoms with Crippen molar-refractivity contribution < 1.29 is 14.3 Å². The fourth-order valence-corrected chi connectivity index (χ4v) is 5.86. The van der Waals surface area contributed by atoms with Crippen LogP contribution in [0.5, 0.6) is 11.5 Å². The van der Waals surface area contributed by atoms with Gasteiger partial charge in [-0.15, -0.1) is 0 Å². The Hall–Kier alpha value is -5.22. The minimum absolute atomic E-state index is 0.0692. The van der Waals surface area contributed by atoms with E-state index in [1.54, 1.807) is 16.9 Å². The second kappa shape index (κ2) is 13.5. The van der Waals surface area contributed by atoms with Crippen LogP contribution in [-0.4, -0.2) is 69.7 Å². The third kappa shape index (κ3) is 7.34. The molecule has 0 aliphatic carbocycles. The lowest BCUT2D eigenvalue weighted by Crippen LogP contribution is -2.35. The van der Waals surface area contributed by atoms with Crippen LogP contribution in [0.3, 0.4) is 0 Å². The van der Waals surface area contributed by atoms with Crippen molar-refractivity contribution in [2.45, 2.75) is 52.0 Å². The molecule has 5 aromatic rings. The predicted molar refractivity (Wildman–Crippen MR) is 190 cm³/mol. The highest BCUT2D eigenvalue weighted by Crippen LogP contribution is 2.35. The Balaban J connectivity index is 1.18. The summed E-state index contributed by atoms with van der Waals surface area (Å²) in [5.74, 6) is 1.85. The Labute approximate surface area is 281 Å². The summed E-state index contributed by atoms with van der Waals surface area (Å²) in [6.07, 6.45) is 2.86. The number of aromatic nitrogens is 3. The zero-order chi connectivity index (χ0) is 34.0. The van der Waals surface area contributed by atoms with Gasteiger partial charge in [-0.3, -0.25) is 15.1 Å². The van der Waals surface area contributed by atoms with E-state index < -0.39 is 0 Å². The molecule has 1 atom stereocenters. The van der Waals surface area contributed by atoms with Crippen LogP contribution in [0.25, 0.3) is 16.5 Å². The summed E-state index contributed by atoms with van der Waals surface area (Å²) in [5.41, 5.74) is 3.95. The number of hydrogen-bond acceptors (Lipinski definition) is 6. The van der Waals surface area contributed by atoms with Crippen LogP contribution < -0.4 is 15.4 Å². The highest BCUT2D eigenvalue weighted by molar-refractivity contribution is 6.07. The third-order valence-corrected chi connectivity index (χ3v) is 8.72. The summed E-state index contributed by atoms with van der Waals surface area (Å²) in [4.78, 5) is 35.0. The van der Waals surface area contributed by atoms with Crippen molar-refractivity contribution in [2.75, 3.05) is 37.8 Å². The lowest BCUT2D eigenvalue weighted by atomic mass is 9.92. The quantitative estimate of drug-likeness (QED) is 0.186. The number of fused-ring (bicyclic) bond motifs is 1. The Morgan fingerprint density at radius 3 is 2.42 bits per heavy atom. The van der Waals surface area contributed by atoms with Gasteiger partial charge in [0.05, 0.1) is 29.2 Å². The molecule has 0 radical (unpaired) electrons. The molecule has 6 rings (SSSR count). The monoisotopic (exact) mass is 645 g/mol. The van der Waals surface area contributed by atoms with E-state index in [2.05, 4.69) is 41.3 Å². The number of ether oxygens (including phenoxy) is 1. The summed E-state index contributed by atoms with van der Waals surface area (Å²) in [6.45, 7) is 9.81. The molecule has 0 saturated carbocycles. The molecule has 1 saturated heterocycles. The lowest BCUT2D eigenvalue weighted by Gasteiger charge is -2.20. The Kier molecular flexibility index (Phi) is 9.19. The largest absolute Gasteiger partial charge is 0.457 e. The van der Waals surface area contributed by atoms with Gasteiger partial charge in [-0.1, -0.05) is 62.7 Å². The fourth-order valence-electron chi connectivity index (χ4n) is 5.86. The highest BCUT2D eigenvalue weighted by atomic mass is 16.5. The van der Waals surface area contributed by atoms with Crippen molar-refractivity contribution in [1.29, 1.82) is 0 Å². The average Bonchev–Trinajstić information content (AvgIpc) is 3.72. The van der Waals surface area contributed by atoms with E-state index >= 15 is 0 Å². The molecule has 0 bridgehead atoms.